The monoisotopic (exact) mass is 189 g/mol. The van der Waals surface area contributed by atoms with Gasteiger partial charge in [-0.05, 0) is 17.7 Å². The first-order chi connectivity index (χ1) is 6.79. The van der Waals surface area contributed by atoms with Gasteiger partial charge in [0.15, 0.2) is 18.1 Å². The standard InChI is InChI=1S/C10H7NO3/c11-4-3-7-1-2-8-9(5-7)14-10(12)6-13-8/h1-2,5H,3,6H2. The minimum absolute atomic E-state index is 0.0510. The van der Waals surface area contributed by atoms with E-state index in [1.54, 1.807) is 18.2 Å². The summed E-state index contributed by atoms with van der Waals surface area (Å²) in [6.45, 7) is -0.0510. The molecule has 0 saturated heterocycles. The van der Waals surface area contributed by atoms with Crippen molar-refractivity contribution in [3.05, 3.63) is 23.8 Å². The lowest BCUT2D eigenvalue weighted by Crippen LogP contribution is -2.22. The Balaban J connectivity index is 2.33. The summed E-state index contributed by atoms with van der Waals surface area (Å²) in [5.74, 6) is 0.534. The third-order valence-electron chi connectivity index (χ3n) is 1.86. The number of carbonyl (C=O) groups excluding carboxylic acids is 1. The molecule has 4 heteroatoms. The molecular weight excluding hydrogens is 182 g/mol. The summed E-state index contributed by atoms with van der Waals surface area (Å²) in [7, 11) is 0. The third-order valence-corrected chi connectivity index (χ3v) is 1.86. The lowest BCUT2D eigenvalue weighted by atomic mass is 10.1. The molecule has 1 aromatic rings. The van der Waals surface area contributed by atoms with Crippen molar-refractivity contribution in [3.8, 4) is 17.6 Å². The molecule has 1 aliphatic heterocycles. The lowest BCUT2D eigenvalue weighted by Gasteiger charge is -2.16. The number of fused-ring (bicyclic) bond motifs is 1. The van der Waals surface area contributed by atoms with Crippen molar-refractivity contribution >= 4 is 5.97 Å². The molecule has 0 spiro atoms. The molecule has 1 aliphatic rings. The largest absolute Gasteiger partial charge is 0.478 e. The molecule has 0 atom stereocenters. The van der Waals surface area contributed by atoms with Gasteiger partial charge in [-0.3, -0.25) is 0 Å². The van der Waals surface area contributed by atoms with E-state index in [1.807, 2.05) is 6.07 Å². The number of hydrogen-bond acceptors (Lipinski definition) is 4. The molecule has 0 radical (unpaired) electrons. The summed E-state index contributed by atoms with van der Waals surface area (Å²) in [6.07, 6.45) is 0.296. The Morgan fingerprint density at radius 2 is 2.29 bits per heavy atom. The molecule has 70 valence electrons. The van der Waals surface area contributed by atoms with Crippen LogP contribution >= 0.6 is 0 Å². The summed E-state index contributed by atoms with van der Waals surface area (Å²) in [4.78, 5) is 10.9. The second-order valence-electron chi connectivity index (χ2n) is 2.88. The molecule has 0 aliphatic carbocycles. The predicted molar refractivity (Wildman–Crippen MR) is 46.9 cm³/mol. The zero-order valence-electron chi connectivity index (χ0n) is 7.32. The summed E-state index contributed by atoms with van der Waals surface area (Å²) < 4.78 is 10.1. The van der Waals surface area contributed by atoms with Crippen LogP contribution in [0, 0.1) is 11.3 Å². The number of benzene rings is 1. The van der Waals surface area contributed by atoms with Crippen molar-refractivity contribution < 1.29 is 14.3 Å². The number of rotatable bonds is 1. The van der Waals surface area contributed by atoms with Crippen LogP contribution in [0.2, 0.25) is 0 Å². The van der Waals surface area contributed by atoms with Crippen LogP contribution in [0.4, 0.5) is 0 Å². The Morgan fingerprint density at radius 1 is 1.43 bits per heavy atom. The fourth-order valence-corrected chi connectivity index (χ4v) is 1.24. The second kappa shape index (κ2) is 3.38. The Kier molecular flexibility index (Phi) is 2.07. The van der Waals surface area contributed by atoms with E-state index in [-0.39, 0.29) is 6.61 Å². The third kappa shape index (κ3) is 1.52. The van der Waals surface area contributed by atoms with Gasteiger partial charge in [0.25, 0.3) is 0 Å². The minimum atomic E-state index is -0.411. The number of nitrogens with zero attached hydrogens (tertiary/aromatic N) is 1. The van der Waals surface area contributed by atoms with Crippen molar-refractivity contribution in [2.24, 2.45) is 0 Å². The number of hydrogen-bond donors (Lipinski definition) is 0. The molecule has 0 N–H and O–H groups in total. The Bertz CT molecular complexity index is 420. The van der Waals surface area contributed by atoms with Crippen LogP contribution < -0.4 is 9.47 Å². The number of nitriles is 1. The topological polar surface area (TPSA) is 59.3 Å². The zero-order valence-corrected chi connectivity index (χ0v) is 7.32. The molecule has 4 nitrogen and oxygen atoms in total. The quantitative estimate of drug-likeness (QED) is 0.489. The fraction of sp³-hybridized carbons (Fsp3) is 0.200. The molecule has 0 saturated carbocycles. The van der Waals surface area contributed by atoms with Gasteiger partial charge in [0, 0.05) is 0 Å². The summed E-state index contributed by atoms with van der Waals surface area (Å²) >= 11 is 0. The molecule has 14 heavy (non-hydrogen) atoms. The average molecular weight is 189 g/mol. The molecule has 0 bridgehead atoms. The predicted octanol–water partition coefficient (Wildman–Crippen LogP) is 1.05. The summed E-state index contributed by atoms with van der Waals surface area (Å²) in [5, 5.41) is 8.49. The van der Waals surface area contributed by atoms with E-state index in [4.69, 9.17) is 14.7 Å². The van der Waals surface area contributed by atoms with Crippen LogP contribution in [-0.4, -0.2) is 12.6 Å². The number of esters is 1. The number of ether oxygens (including phenoxy) is 2. The van der Waals surface area contributed by atoms with Gasteiger partial charge in [-0.2, -0.15) is 5.26 Å². The Labute approximate surface area is 80.7 Å². The first-order valence-corrected chi connectivity index (χ1v) is 4.13. The highest BCUT2D eigenvalue weighted by Crippen LogP contribution is 2.31. The highest BCUT2D eigenvalue weighted by atomic mass is 16.6. The van der Waals surface area contributed by atoms with Gasteiger partial charge in [-0.15, -0.1) is 0 Å². The van der Waals surface area contributed by atoms with Gasteiger partial charge >= 0.3 is 5.97 Å². The Hall–Kier alpha value is -2.02. The van der Waals surface area contributed by atoms with Crippen LogP contribution in [0.15, 0.2) is 18.2 Å². The van der Waals surface area contributed by atoms with Gasteiger partial charge in [0.05, 0.1) is 12.5 Å². The molecule has 0 fully saturated rings. The van der Waals surface area contributed by atoms with E-state index in [2.05, 4.69) is 0 Å². The fourth-order valence-electron chi connectivity index (χ4n) is 1.24. The van der Waals surface area contributed by atoms with E-state index in [9.17, 15) is 4.79 Å². The van der Waals surface area contributed by atoms with E-state index >= 15 is 0 Å². The van der Waals surface area contributed by atoms with E-state index in [0.717, 1.165) is 5.56 Å². The molecule has 0 amide bonds. The van der Waals surface area contributed by atoms with Gasteiger partial charge in [0.2, 0.25) is 0 Å². The van der Waals surface area contributed by atoms with Crippen LogP contribution in [0.25, 0.3) is 0 Å². The molecular formula is C10H7NO3. The molecule has 2 rings (SSSR count). The SMILES string of the molecule is N#CCc1ccc2c(c1)OC(=O)CO2. The van der Waals surface area contributed by atoms with Crippen molar-refractivity contribution in [2.75, 3.05) is 6.61 Å². The average Bonchev–Trinajstić information content (AvgIpc) is 2.17. The van der Waals surface area contributed by atoms with Gasteiger partial charge in [-0.1, -0.05) is 6.07 Å². The second-order valence-corrected chi connectivity index (χ2v) is 2.88. The van der Waals surface area contributed by atoms with E-state index in [0.29, 0.717) is 17.9 Å². The smallest absolute Gasteiger partial charge is 0.349 e. The first-order valence-electron chi connectivity index (χ1n) is 4.13. The first kappa shape index (κ1) is 8.57. The van der Waals surface area contributed by atoms with Crippen LogP contribution in [0.5, 0.6) is 11.5 Å². The molecule has 1 heterocycles. The molecule has 0 unspecified atom stereocenters. The minimum Gasteiger partial charge on any atom is -0.478 e. The van der Waals surface area contributed by atoms with E-state index < -0.39 is 5.97 Å². The Morgan fingerprint density at radius 3 is 3.07 bits per heavy atom. The summed E-state index contributed by atoms with van der Waals surface area (Å²) in [6, 6.07) is 7.15. The molecule has 1 aromatic carbocycles. The maximum atomic E-state index is 10.9. The zero-order chi connectivity index (χ0) is 9.97. The van der Waals surface area contributed by atoms with Gasteiger partial charge in [-0.25, -0.2) is 4.79 Å². The lowest BCUT2D eigenvalue weighted by molar-refractivity contribution is -0.138. The highest BCUT2D eigenvalue weighted by molar-refractivity contribution is 5.76. The van der Waals surface area contributed by atoms with Crippen molar-refractivity contribution in [1.82, 2.24) is 0 Å². The van der Waals surface area contributed by atoms with Crippen LogP contribution in [-0.2, 0) is 11.2 Å². The normalized spacial score (nSPS) is 13.5. The van der Waals surface area contributed by atoms with Gasteiger partial charge in [0.1, 0.15) is 0 Å². The number of carbonyl (C=O) groups is 1. The van der Waals surface area contributed by atoms with Crippen molar-refractivity contribution in [3.63, 3.8) is 0 Å². The van der Waals surface area contributed by atoms with Crippen molar-refractivity contribution in [2.45, 2.75) is 6.42 Å². The highest BCUT2D eigenvalue weighted by Gasteiger charge is 2.18. The van der Waals surface area contributed by atoms with Crippen LogP contribution in [0.1, 0.15) is 5.56 Å². The van der Waals surface area contributed by atoms with E-state index in [1.165, 1.54) is 0 Å². The maximum Gasteiger partial charge on any atom is 0.349 e. The maximum absolute atomic E-state index is 10.9. The van der Waals surface area contributed by atoms with Crippen LogP contribution in [0.3, 0.4) is 0 Å². The summed E-state index contributed by atoms with van der Waals surface area (Å²) in [5.41, 5.74) is 0.810. The van der Waals surface area contributed by atoms with Gasteiger partial charge < -0.3 is 9.47 Å². The van der Waals surface area contributed by atoms with Crippen molar-refractivity contribution in [1.29, 1.82) is 5.26 Å². The molecule has 0 aromatic heterocycles.